The SMILES string of the molecule is OCCSCc1nnnn1Cc1ccccc1. The summed E-state index contributed by atoms with van der Waals surface area (Å²) in [5.41, 5.74) is 1.17. The lowest BCUT2D eigenvalue weighted by Gasteiger charge is -2.04. The van der Waals surface area contributed by atoms with E-state index in [0.717, 1.165) is 11.6 Å². The van der Waals surface area contributed by atoms with Crippen LogP contribution >= 0.6 is 11.8 Å². The molecule has 0 spiro atoms. The van der Waals surface area contributed by atoms with Crippen LogP contribution in [0.15, 0.2) is 30.3 Å². The van der Waals surface area contributed by atoms with Gasteiger partial charge in [-0.05, 0) is 16.0 Å². The quantitative estimate of drug-likeness (QED) is 0.773. The molecule has 0 atom stereocenters. The maximum absolute atomic E-state index is 8.72. The lowest BCUT2D eigenvalue weighted by atomic mass is 10.2. The van der Waals surface area contributed by atoms with E-state index in [1.807, 2.05) is 30.3 Å². The standard InChI is InChI=1S/C11H14N4OS/c16-6-7-17-9-11-12-13-14-15(11)8-10-4-2-1-3-5-10/h1-5,16H,6-9H2. The Hall–Kier alpha value is -1.40. The Kier molecular flexibility index (Phi) is 4.52. The van der Waals surface area contributed by atoms with Crippen molar-refractivity contribution in [1.29, 1.82) is 0 Å². The second kappa shape index (κ2) is 6.36. The van der Waals surface area contributed by atoms with Gasteiger partial charge >= 0.3 is 0 Å². The first-order chi connectivity index (χ1) is 8.40. The Labute approximate surface area is 104 Å². The van der Waals surface area contributed by atoms with Crippen LogP contribution in [-0.4, -0.2) is 37.7 Å². The van der Waals surface area contributed by atoms with Gasteiger partial charge in [-0.25, -0.2) is 4.68 Å². The molecule has 1 heterocycles. The van der Waals surface area contributed by atoms with Gasteiger partial charge in [0.1, 0.15) is 0 Å². The zero-order valence-corrected chi connectivity index (χ0v) is 10.2. The normalized spacial score (nSPS) is 10.6. The highest BCUT2D eigenvalue weighted by Gasteiger charge is 2.06. The minimum absolute atomic E-state index is 0.185. The van der Waals surface area contributed by atoms with Gasteiger partial charge in [0, 0.05) is 5.75 Å². The molecule has 0 saturated carbocycles. The Morgan fingerprint density at radius 2 is 2.06 bits per heavy atom. The molecule has 90 valence electrons. The van der Waals surface area contributed by atoms with Crippen LogP contribution in [0.3, 0.4) is 0 Å². The molecule has 0 unspecified atom stereocenters. The molecule has 17 heavy (non-hydrogen) atoms. The predicted octanol–water partition coefficient (Wildman–Crippen LogP) is 0.947. The van der Waals surface area contributed by atoms with E-state index in [4.69, 9.17) is 5.11 Å². The lowest BCUT2D eigenvalue weighted by molar-refractivity contribution is 0.322. The summed E-state index contributed by atoms with van der Waals surface area (Å²) in [5, 5.41) is 20.4. The number of hydrogen-bond acceptors (Lipinski definition) is 5. The molecule has 0 amide bonds. The second-order valence-electron chi connectivity index (χ2n) is 3.51. The fraction of sp³-hybridized carbons (Fsp3) is 0.364. The van der Waals surface area contributed by atoms with Crippen LogP contribution < -0.4 is 0 Å². The number of benzene rings is 1. The van der Waals surface area contributed by atoms with Gasteiger partial charge in [0.15, 0.2) is 5.82 Å². The smallest absolute Gasteiger partial charge is 0.161 e. The fourth-order valence-electron chi connectivity index (χ4n) is 1.43. The van der Waals surface area contributed by atoms with E-state index < -0.39 is 0 Å². The summed E-state index contributed by atoms with van der Waals surface area (Å²) in [7, 11) is 0. The van der Waals surface area contributed by atoms with Gasteiger partial charge < -0.3 is 5.11 Å². The van der Waals surface area contributed by atoms with Crippen molar-refractivity contribution in [3.63, 3.8) is 0 Å². The zero-order valence-electron chi connectivity index (χ0n) is 9.36. The fourth-order valence-corrected chi connectivity index (χ4v) is 2.10. The van der Waals surface area contributed by atoms with Crippen LogP contribution in [0.1, 0.15) is 11.4 Å². The van der Waals surface area contributed by atoms with E-state index in [1.165, 1.54) is 5.56 Å². The van der Waals surface area contributed by atoms with Crippen molar-refractivity contribution in [3.8, 4) is 0 Å². The Balaban J connectivity index is 1.99. The monoisotopic (exact) mass is 250 g/mol. The van der Waals surface area contributed by atoms with Crippen molar-refractivity contribution in [2.24, 2.45) is 0 Å². The van der Waals surface area contributed by atoms with Crippen LogP contribution in [0.4, 0.5) is 0 Å². The summed E-state index contributed by atoms with van der Waals surface area (Å²) >= 11 is 1.62. The maximum atomic E-state index is 8.72. The van der Waals surface area contributed by atoms with Crippen molar-refractivity contribution < 1.29 is 5.11 Å². The summed E-state index contributed by atoms with van der Waals surface area (Å²) in [5.74, 6) is 2.27. The summed E-state index contributed by atoms with van der Waals surface area (Å²) in [6, 6.07) is 10.1. The molecule has 1 N–H and O–H groups in total. The molecule has 0 aliphatic rings. The topological polar surface area (TPSA) is 63.8 Å². The highest BCUT2D eigenvalue weighted by atomic mass is 32.2. The van der Waals surface area contributed by atoms with Gasteiger partial charge in [0.05, 0.1) is 18.9 Å². The zero-order chi connectivity index (χ0) is 11.9. The highest BCUT2D eigenvalue weighted by Crippen LogP contribution is 2.09. The number of tetrazole rings is 1. The molecule has 1 aromatic heterocycles. The summed E-state index contributed by atoms with van der Waals surface area (Å²) in [6.45, 7) is 0.869. The molecule has 0 bridgehead atoms. The molecular weight excluding hydrogens is 236 g/mol. The molecule has 2 aromatic rings. The van der Waals surface area contributed by atoms with Crippen LogP contribution in [0.5, 0.6) is 0 Å². The Bertz CT molecular complexity index is 446. The minimum atomic E-state index is 0.185. The van der Waals surface area contributed by atoms with E-state index in [-0.39, 0.29) is 6.61 Å². The first-order valence-electron chi connectivity index (χ1n) is 5.37. The first kappa shape index (κ1) is 12.1. The molecule has 1 aromatic carbocycles. The second-order valence-corrected chi connectivity index (χ2v) is 4.62. The molecular formula is C11H14N4OS. The van der Waals surface area contributed by atoms with Crippen LogP contribution in [0, 0.1) is 0 Å². The average molecular weight is 250 g/mol. The predicted molar refractivity (Wildman–Crippen MR) is 66.6 cm³/mol. The van der Waals surface area contributed by atoms with Crippen molar-refractivity contribution in [2.75, 3.05) is 12.4 Å². The van der Waals surface area contributed by atoms with E-state index in [1.54, 1.807) is 16.4 Å². The number of aliphatic hydroxyl groups is 1. The van der Waals surface area contributed by atoms with Crippen molar-refractivity contribution in [1.82, 2.24) is 20.2 Å². The van der Waals surface area contributed by atoms with E-state index in [9.17, 15) is 0 Å². The van der Waals surface area contributed by atoms with Crippen LogP contribution in [0.25, 0.3) is 0 Å². The molecule has 2 rings (SSSR count). The third-order valence-electron chi connectivity index (χ3n) is 2.25. The largest absolute Gasteiger partial charge is 0.396 e. The summed E-state index contributed by atoms with van der Waals surface area (Å²) in [6.07, 6.45) is 0. The van der Waals surface area contributed by atoms with Crippen molar-refractivity contribution in [3.05, 3.63) is 41.7 Å². The van der Waals surface area contributed by atoms with E-state index in [0.29, 0.717) is 12.3 Å². The molecule has 5 nitrogen and oxygen atoms in total. The van der Waals surface area contributed by atoms with Gasteiger partial charge in [-0.15, -0.1) is 5.10 Å². The van der Waals surface area contributed by atoms with Crippen LogP contribution in [-0.2, 0) is 12.3 Å². The molecule has 0 saturated heterocycles. The lowest BCUT2D eigenvalue weighted by Crippen LogP contribution is -2.06. The van der Waals surface area contributed by atoms with E-state index in [2.05, 4.69) is 15.5 Å². The van der Waals surface area contributed by atoms with Gasteiger partial charge in [-0.3, -0.25) is 0 Å². The third kappa shape index (κ3) is 3.54. The number of hydrogen-bond donors (Lipinski definition) is 1. The van der Waals surface area contributed by atoms with Gasteiger partial charge in [-0.1, -0.05) is 30.3 Å². The van der Waals surface area contributed by atoms with Gasteiger partial charge in [0.25, 0.3) is 0 Å². The van der Waals surface area contributed by atoms with E-state index >= 15 is 0 Å². The Morgan fingerprint density at radius 3 is 2.82 bits per heavy atom. The Morgan fingerprint density at radius 1 is 1.24 bits per heavy atom. The maximum Gasteiger partial charge on any atom is 0.161 e. The molecule has 0 fully saturated rings. The minimum Gasteiger partial charge on any atom is -0.396 e. The molecule has 0 radical (unpaired) electrons. The molecule has 0 aliphatic heterocycles. The number of aliphatic hydroxyl groups excluding tert-OH is 1. The first-order valence-corrected chi connectivity index (χ1v) is 6.53. The molecule has 6 heteroatoms. The number of nitrogens with zero attached hydrogens (tertiary/aromatic N) is 4. The number of rotatable bonds is 6. The van der Waals surface area contributed by atoms with Crippen molar-refractivity contribution >= 4 is 11.8 Å². The number of aromatic nitrogens is 4. The van der Waals surface area contributed by atoms with Crippen LogP contribution in [0.2, 0.25) is 0 Å². The average Bonchev–Trinajstić information content (AvgIpc) is 2.79. The third-order valence-corrected chi connectivity index (χ3v) is 3.18. The van der Waals surface area contributed by atoms with Crippen molar-refractivity contribution in [2.45, 2.75) is 12.3 Å². The van der Waals surface area contributed by atoms with Gasteiger partial charge in [0.2, 0.25) is 0 Å². The number of thioether (sulfide) groups is 1. The molecule has 0 aliphatic carbocycles. The summed E-state index contributed by atoms with van der Waals surface area (Å²) < 4.78 is 1.79. The summed E-state index contributed by atoms with van der Waals surface area (Å²) in [4.78, 5) is 0. The van der Waals surface area contributed by atoms with Gasteiger partial charge in [-0.2, -0.15) is 11.8 Å². The highest BCUT2D eigenvalue weighted by molar-refractivity contribution is 7.98.